The number of piperidine rings is 1. The molecule has 3 aromatic rings. The number of hydrogen-bond acceptors (Lipinski definition) is 5. The van der Waals surface area contributed by atoms with E-state index in [0.717, 1.165) is 29.6 Å². The van der Waals surface area contributed by atoms with E-state index >= 15 is 0 Å². The second kappa shape index (κ2) is 8.18. The highest BCUT2D eigenvalue weighted by molar-refractivity contribution is 5.98. The fourth-order valence-electron chi connectivity index (χ4n) is 5.16. The zero-order valence-corrected chi connectivity index (χ0v) is 17.9. The number of benzene rings is 1. The standard InChI is InChI=1S/C23H26N4O5/c1-32-9-8-24-7-6-16-2-3-17(11-21(16)24)22(28)25-12-15-10-18(14-25)19-4-5-20(27(30)31)23(29)26(19)13-15/h2-7,11,15,18,27,30H,8-10,12-14H2,1H3/t15-,18?/m0/s1. The minimum Gasteiger partial charge on any atom is -0.595 e. The first kappa shape index (κ1) is 20.9. The molecule has 2 bridgehead atoms. The van der Waals surface area contributed by atoms with Crippen molar-refractivity contribution in [3.8, 4) is 0 Å². The summed E-state index contributed by atoms with van der Waals surface area (Å²) >= 11 is 0. The summed E-state index contributed by atoms with van der Waals surface area (Å²) in [4.78, 5) is 27.9. The maximum Gasteiger partial charge on any atom is 0.315 e. The number of fused-ring (bicyclic) bond motifs is 5. The molecule has 2 aliphatic rings. The van der Waals surface area contributed by atoms with E-state index < -0.39 is 10.8 Å². The Balaban J connectivity index is 1.41. The number of methoxy groups -OCH3 is 1. The lowest BCUT2D eigenvalue weighted by atomic mass is 9.83. The number of aromatic nitrogens is 2. The smallest absolute Gasteiger partial charge is 0.315 e. The van der Waals surface area contributed by atoms with E-state index in [9.17, 15) is 20.0 Å². The van der Waals surface area contributed by atoms with Crippen molar-refractivity contribution in [1.29, 1.82) is 0 Å². The number of amides is 1. The molecule has 9 nitrogen and oxygen atoms in total. The van der Waals surface area contributed by atoms with Crippen molar-refractivity contribution in [3.63, 3.8) is 0 Å². The van der Waals surface area contributed by atoms with Crippen LogP contribution in [0.3, 0.4) is 0 Å². The average Bonchev–Trinajstić information content (AvgIpc) is 3.19. The third-order valence-electron chi connectivity index (χ3n) is 6.68. The third kappa shape index (κ3) is 3.53. The monoisotopic (exact) mass is 438 g/mol. The normalized spacial score (nSPS) is 20.9. The van der Waals surface area contributed by atoms with Gasteiger partial charge >= 0.3 is 5.56 Å². The van der Waals surface area contributed by atoms with Gasteiger partial charge in [-0.3, -0.25) is 9.59 Å². The highest BCUT2D eigenvalue weighted by Gasteiger charge is 2.37. The largest absolute Gasteiger partial charge is 0.595 e. The van der Waals surface area contributed by atoms with Gasteiger partial charge in [0.1, 0.15) is 0 Å². The number of nitrogens with one attached hydrogen (secondary N) is 1. The van der Waals surface area contributed by atoms with Gasteiger partial charge in [-0.1, -0.05) is 6.07 Å². The number of quaternary nitrogens is 1. The number of ether oxygens (including phenoxy) is 1. The molecule has 0 saturated carbocycles. The number of nitrogens with zero attached hydrogens (tertiary/aromatic N) is 3. The molecule has 2 aliphatic heterocycles. The summed E-state index contributed by atoms with van der Waals surface area (Å²) in [6, 6.07) is 10.9. The summed E-state index contributed by atoms with van der Waals surface area (Å²) in [5.41, 5.74) is 1.81. The highest BCUT2D eigenvalue weighted by atomic mass is 16.8. The first-order valence-electron chi connectivity index (χ1n) is 10.8. The zero-order chi connectivity index (χ0) is 22.4. The Morgan fingerprint density at radius 2 is 2.06 bits per heavy atom. The van der Waals surface area contributed by atoms with Crippen LogP contribution in [0, 0.1) is 11.1 Å². The predicted octanol–water partition coefficient (Wildman–Crippen LogP) is 1.11. The highest BCUT2D eigenvalue weighted by Crippen LogP contribution is 2.36. The molecule has 5 rings (SSSR count). The van der Waals surface area contributed by atoms with E-state index in [1.54, 1.807) is 17.7 Å². The maximum absolute atomic E-state index is 13.4. The van der Waals surface area contributed by atoms with E-state index in [0.29, 0.717) is 31.8 Å². The van der Waals surface area contributed by atoms with Gasteiger partial charge in [-0.25, -0.2) is 5.21 Å². The Morgan fingerprint density at radius 1 is 1.22 bits per heavy atom. The van der Waals surface area contributed by atoms with Gasteiger partial charge in [0, 0.05) is 68.2 Å². The van der Waals surface area contributed by atoms with Crippen LogP contribution in [0.4, 0.5) is 5.69 Å². The molecule has 168 valence electrons. The SMILES string of the molecule is COCCn1ccc2ccc(C(=O)N3CC4C[C@@H](C3)Cn3c4ccc([NH+]([O-])O)c3=O)cc21. The van der Waals surface area contributed by atoms with E-state index in [-0.39, 0.29) is 23.4 Å². The van der Waals surface area contributed by atoms with Gasteiger partial charge in [-0.15, -0.1) is 0 Å². The number of likely N-dealkylation sites (tertiary alicyclic amines) is 1. The number of rotatable bonds is 5. The summed E-state index contributed by atoms with van der Waals surface area (Å²) in [5, 5.41) is 20.5. The van der Waals surface area contributed by atoms with Crippen LogP contribution in [-0.2, 0) is 17.8 Å². The van der Waals surface area contributed by atoms with Crippen molar-refractivity contribution >= 4 is 22.5 Å². The van der Waals surface area contributed by atoms with Gasteiger partial charge < -0.3 is 24.0 Å². The van der Waals surface area contributed by atoms with Crippen molar-refractivity contribution in [2.75, 3.05) is 26.8 Å². The Morgan fingerprint density at radius 3 is 2.84 bits per heavy atom. The van der Waals surface area contributed by atoms with Gasteiger partial charge in [0.25, 0.3) is 5.91 Å². The fraction of sp³-hybridized carbons (Fsp3) is 0.391. The summed E-state index contributed by atoms with van der Waals surface area (Å²) in [7, 11) is 1.67. The van der Waals surface area contributed by atoms with Crippen LogP contribution < -0.4 is 10.8 Å². The van der Waals surface area contributed by atoms with Crippen molar-refractivity contribution in [2.45, 2.75) is 25.4 Å². The van der Waals surface area contributed by atoms with Crippen molar-refractivity contribution < 1.29 is 20.0 Å². The predicted molar refractivity (Wildman–Crippen MR) is 117 cm³/mol. The summed E-state index contributed by atoms with van der Waals surface area (Å²) < 4.78 is 8.87. The van der Waals surface area contributed by atoms with E-state index in [2.05, 4.69) is 4.57 Å². The molecule has 0 radical (unpaired) electrons. The van der Waals surface area contributed by atoms with Gasteiger partial charge in [0.2, 0.25) is 5.69 Å². The van der Waals surface area contributed by atoms with Gasteiger partial charge in [0.15, 0.2) is 0 Å². The quantitative estimate of drug-likeness (QED) is 0.581. The molecular formula is C23H26N4O5. The second-order valence-electron chi connectivity index (χ2n) is 8.68. The van der Waals surface area contributed by atoms with Crippen LogP contribution in [0.25, 0.3) is 10.9 Å². The molecule has 9 heteroatoms. The molecule has 2 unspecified atom stereocenters. The lowest BCUT2D eigenvalue weighted by Gasteiger charge is -2.42. The molecule has 1 aromatic carbocycles. The van der Waals surface area contributed by atoms with Crippen LogP contribution in [0.15, 0.2) is 47.4 Å². The Bertz CT molecular complexity index is 1230. The molecule has 32 heavy (non-hydrogen) atoms. The topological polar surface area (TPSA) is 104 Å². The zero-order valence-electron chi connectivity index (χ0n) is 17.9. The Hall–Kier alpha value is -2.98. The molecule has 4 heterocycles. The van der Waals surface area contributed by atoms with E-state index in [4.69, 9.17) is 4.74 Å². The van der Waals surface area contributed by atoms with Crippen molar-refractivity contribution in [2.24, 2.45) is 5.92 Å². The van der Waals surface area contributed by atoms with Gasteiger partial charge in [0.05, 0.1) is 6.61 Å². The second-order valence-corrected chi connectivity index (χ2v) is 8.68. The molecular weight excluding hydrogens is 412 g/mol. The Labute approximate surface area is 184 Å². The molecule has 0 aliphatic carbocycles. The fourth-order valence-corrected chi connectivity index (χ4v) is 5.16. The third-order valence-corrected chi connectivity index (χ3v) is 6.68. The number of hydrogen-bond donors (Lipinski definition) is 2. The summed E-state index contributed by atoms with van der Waals surface area (Å²) in [6.45, 7) is 2.83. The molecule has 1 fully saturated rings. The molecule has 2 aromatic heterocycles. The molecule has 1 amide bonds. The van der Waals surface area contributed by atoms with Gasteiger partial charge in [-0.05, 0) is 42.0 Å². The van der Waals surface area contributed by atoms with Crippen molar-refractivity contribution in [3.05, 3.63) is 69.4 Å². The number of carbonyl (C=O) groups excluding carboxylic acids is 1. The molecule has 0 spiro atoms. The maximum atomic E-state index is 13.4. The molecule has 1 saturated heterocycles. The lowest BCUT2D eigenvalue weighted by molar-refractivity contribution is -0.992. The molecule has 3 atom stereocenters. The van der Waals surface area contributed by atoms with E-state index in [1.165, 1.54) is 6.07 Å². The van der Waals surface area contributed by atoms with Crippen LogP contribution in [-0.4, -0.2) is 52.0 Å². The average molecular weight is 438 g/mol. The van der Waals surface area contributed by atoms with Crippen LogP contribution in [0.5, 0.6) is 0 Å². The molecule has 2 N–H and O–H groups in total. The summed E-state index contributed by atoms with van der Waals surface area (Å²) in [6.07, 6.45) is 2.90. The summed E-state index contributed by atoms with van der Waals surface area (Å²) in [5.74, 6) is 0.136. The number of carbonyl (C=O) groups is 1. The minimum atomic E-state index is -1.21. The van der Waals surface area contributed by atoms with Crippen LogP contribution in [0.1, 0.15) is 28.4 Å². The minimum absolute atomic E-state index is 0.0148. The lowest BCUT2D eigenvalue weighted by Crippen LogP contribution is -3.00. The first-order chi connectivity index (χ1) is 15.5. The number of pyridine rings is 1. The Kier molecular flexibility index (Phi) is 5.34. The van der Waals surface area contributed by atoms with Crippen LogP contribution in [0.2, 0.25) is 0 Å². The van der Waals surface area contributed by atoms with Crippen LogP contribution >= 0.6 is 0 Å². The first-order valence-corrected chi connectivity index (χ1v) is 10.8. The van der Waals surface area contributed by atoms with Crippen molar-refractivity contribution in [1.82, 2.24) is 14.0 Å². The van der Waals surface area contributed by atoms with Gasteiger partial charge in [-0.2, -0.15) is 5.23 Å². The van der Waals surface area contributed by atoms with E-state index in [1.807, 2.05) is 35.4 Å².